The van der Waals surface area contributed by atoms with E-state index in [1.165, 1.54) is 43.5 Å². The Morgan fingerprint density at radius 1 is 0.929 bits per heavy atom. The monoisotopic (exact) mass is 390 g/mol. The maximum absolute atomic E-state index is 12.4. The highest BCUT2D eigenvalue weighted by molar-refractivity contribution is 5.87. The van der Waals surface area contributed by atoms with Gasteiger partial charge in [0.1, 0.15) is 6.04 Å². The fourth-order valence-corrected chi connectivity index (χ4v) is 2.59. The first-order chi connectivity index (χ1) is 13.2. The van der Waals surface area contributed by atoms with Crippen LogP contribution >= 0.6 is 0 Å². The summed E-state index contributed by atoms with van der Waals surface area (Å²) in [5.41, 5.74) is 6.90. The molecular weight excluding hydrogens is 368 g/mol. The number of benzene rings is 2. The average Bonchev–Trinajstić information content (AvgIpc) is 2.66. The maximum Gasteiger partial charge on any atom is 0.328 e. The van der Waals surface area contributed by atoms with Crippen molar-refractivity contribution in [2.75, 3.05) is 7.11 Å². The molecule has 2 aromatic rings. The van der Waals surface area contributed by atoms with Crippen LogP contribution in [-0.2, 0) is 27.2 Å². The average molecular weight is 390 g/mol. The van der Waals surface area contributed by atoms with Gasteiger partial charge in [0.15, 0.2) is 23.0 Å². The number of rotatable bonds is 7. The Labute approximate surface area is 161 Å². The largest absolute Gasteiger partial charge is 0.504 e. The number of aromatic hydroxyl groups is 4. The number of amides is 1. The Bertz CT molecular complexity index is 869. The van der Waals surface area contributed by atoms with Crippen molar-refractivity contribution in [2.24, 2.45) is 5.73 Å². The molecule has 0 fully saturated rings. The van der Waals surface area contributed by atoms with Crippen molar-refractivity contribution >= 4 is 11.9 Å². The number of nitrogens with one attached hydrogen (secondary N) is 1. The third-order valence-corrected chi connectivity index (χ3v) is 4.11. The first-order valence-corrected chi connectivity index (χ1v) is 8.36. The summed E-state index contributed by atoms with van der Waals surface area (Å²) >= 11 is 0. The van der Waals surface area contributed by atoms with Crippen molar-refractivity contribution < 1.29 is 34.8 Å². The molecule has 0 aliphatic rings. The number of carbonyl (C=O) groups is 2. The number of ether oxygens (including phenoxy) is 1. The quantitative estimate of drug-likeness (QED) is 0.290. The summed E-state index contributed by atoms with van der Waals surface area (Å²) in [6.07, 6.45) is 0.0759. The second kappa shape index (κ2) is 8.96. The molecule has 7 N–H and O–H groups in total. The summed E-state index contributed by atoms with van der Waals surface area (Å²) in [4.78, 5) is 24.4. The minimum atomic E-state index is -1.05. The van der Waals surface area contributed by atoms with E-state index < -0.39 is 24.0 Å². The summed E-state index contributed by atoms with van der Waals surface area (Å²) in [5.74, 6) is -2.59. The highest BCUT2D eigenvalue weighted by atomic mass is 16.5. The normalized spacial score (nSPS) is 12.8. The molecule has 2 rings (SSSR count). The van der Waals surface area contributed by atoms with Gasteiger partial charge in [-0.25, -0.2) is 4.79 Å². The fraction of sp³-hybridized carbons (Fsp3) is 0.263. The molecule has 9 heteroatoms. The topological polar surface area (TPSA) is 162 Å². The van der Waals surface area contributed by atoms with E-state index in [-0.39, 0.29) is 35.8 Å². The van der Waals surface area contributed by atoms with Crippen LogP contribution in [0.25, 0.3) is 0 Å². The lowest BCUT2D eigenvalue weighted by Gasteiger charge is -2.19. The van der Waals surface area contributed by atoms with Gasteiger partial charge in [0.05, 0.1) is 13.2 Å². The molecule has 0 spiro atoms. The second-order valence-electron chi connectivity index (χ2n) is 6.25. The molecule has 0 aromatic heterocycles. The molecular formula is C19H22N2O7. The maximum atomic E-state index is 12.4. The van der Waals surface area contributed by atoms with Gasteiger partial charge in [0.2, 0.25) is 5.91 Å². The number of carbonyl (C=O) groups excluding carboxylic acids is 2. The lowest BCUT2D eigenvalue weighted by Crippen LogP contribution is -2.50. The third kappa shape index (κ3) is 5.27. The molecule has 0 unspecified atom stereocenters. The van der Waals surface area contributed by atoms with Gasteiger partial charge in [-0.1, -0.05) is 12.1 Å². The summed E-state index contributed by atoms with van der Waals surface area (Å²) in [6.45, 7) is 0. The Kier molecular flexibility index (Phi) is 6.67. The smallest absolute Gasteiger partial charge is 0.328 e. The molecule has 1 amide bonds. The van der Waals surface area contributed by atoms with Crippen LogP contribution < -0.4 is 11.1 Å². The lowest BCUT2D eigenvalue weighted by atomic mass is 10.0. The first kappa shape index (κ1) is 20.8. The van der Waals surface area contributed by atoms with Crippen molar-refractivity contribution in [2.45, 2.75) is 24.9 Å². The third-order valence-electron chi connectivity index (χ3n) is 4.11. The van der Waals surface area contributed by atoms with Crippen LogP contribution in [-0.4, -0.2) is 51.5 Å². The molecule has 2 atom stereocenters. The SMILES string of the molecule is COC(=O)[C@H](Cc1ccc(O)c(O)c1)NC(=O)[C@@H](N)Cc1ccc(O)c(O)c1. The van der Waals surface area contributed by atoms with Crippen LogP contribution in [0.15, 0.2) is 36.4 Å². The Morgan fingerprint density at radius 3 is 1.89 bits per heavy atom. The van der Waals surface area contributed by atoms with E-state index in [4.69, 9.17) is 10.5 Å². The van der Waals surface area contributed by atoms with Crippen molar-refractivity contribution in [1.82, 2.24) is 5.32 Å². The molecule has 0 saturated carbocycles. The molecule has 0 saturated heterocycles. The minimum absolute atomic E-state index is 0.0129. The van der Waals surface area contributed by atoms with Crippen molar-refractivity contribution in [3.63, 3.8) is 0 Å². The van der Waals surface area contributed by atoms with Gasteiger partial charge in [0.25, 0.3) is 0 Å². The van der Waals surface area contributed by atoms with Crippen LogP contribution in [0.1, 0.15) is 11.1 Å². The molecule has 0 heterocycles. The van der Waals surface area contributed by atoms with Crippen LogP contribution in [0.3, 0.4) is 0 Å². The van der Waals surface area contributed by atoms with Crippen LogP contribution in [0.5, 0.6) is 23.0 Å². The predicted molar refractivity (Wildman–Crippen MR) is 98.9 cm³/mol. The van der Waals surface area contributed by atoms with Gasteiger partial charge in [-0.15, -0.1) is 0 Å². The van der Waals surface area contributed by atoms with Gasteiger partial charge < -0.3 is 36.2 Å². The number of phenols is 4. The summed E-state index contributed by atoms with van der Waals surface area (Å²) in [7, 11) is 1.18. The van der Waals surface area contributed by atoms with E-state index in [1.54, 1.807) is 0 Å². The summed E-state index contributed by atoms with van der Waals surface area (Å²) in [5, 5.41) is 40.3. The van der Waals surface area contributed by atoms with Gasteiger partial charge in [0, 0.05) is 6.42 Å². The predicted octanol–water partition coefficient (Wildman–Crippen LogP) is 0.279. The highest BCUT2D eigenvalue weighted by Gasteiger charge is 2.25. The van der Waals surface area contributed by atoms with E-state index in [2.05, 4.69) is 5.32 Å². The molecule has 28 heavy (non-hydrogen) atoms. The second-order valence-corrected chi connectivity index (χ2v) is 6.25. The molecule has 150 valence electrons. The Balaban J connectivity index is 2.07. The Morgan fingerprint density at radius 2 is 1.43 bits per heavy atom. The summed E-state index contributed by atoms with van der Waals surface area (Å²) < 4.78 is 4.70. The number of hydrogen-bond acceptors (Lipinski definition) is 8. The van der Waals surface area contributed by atoms with Gasteiger partial charge in [-0.3, -0.25) is 4.79 Å². The molecule has 0 radical (unpaired) electrons. The molecule has 0 aliphatic carbocycles. The molecule has 2 aromatic carbocycles. The van der Waals surface area contributed by atoms with Gasteiger partial charge >= 0.3 is 5.97 Å². The molecule has 0 bridgehead atoms. The van der Waals surface area contributed by atoms with Gasteiger partial charge in [-0.05, 0) is 41.8 Å². The lowest BCUT2D eigenvalue weighted by molar-refractivity contribution is -0.145. The number of phenolic OH excluding ortho intramolecular Hbond substituents is 4. The number of methoxy groups -OCH3 is 1. The van der Waals surface area contributed by atoms with E-state index in [1.807, 2.05) is 0 Å². The van der Waals surface area contributed by atoms with E-state index in [0.717, 1.165) is 0 Å². The molecule has 9 nitrogen and oxygen atoms in total. The van der Waals surface area contributed by atoms with Crippen LogP contribution in [0.2, 0.25) is 0 Å². The van der Waals surface area contributed by atoms with E-state index in [9.17, 15) is 30.0 Å². The highest BCUT2D eigenvalue weighted by Crippen LogP contribution is 2.26. The van der Waals surface area contributed by atoms with Crippen LogP contribution in [0.4, 0.5) is 0 Å². The zero-order valence-electron chi connectivity index (χ0n) is 15.1. The number of esters is 1. The molecule has 0 aliphatic heterocycles. The zero-order chi connectivity index (χ0) is 20.8. The van der Waals surface area contributed by atoms with Crippen molar-refractivity contribution in [1.29, 1.82) is 0 Å². The van der Waals surface area contributed by atoms with Crippen molar-refractivity contribution in [3.8, 4) is 23.0 Å². The number of hydrogen-bond donors (Lipinski definition) is 6. The Hall–Kier alpha value is -3.46. The van der Waals surface area contributed by atoms with E-state index >= 15 is 0 Å². The van der Waals surface area contributed by atoms with E-state index in [0.29, 0.717) is 11.1 Å². The summed E-state index contributed by atoms with van der Waals surface area (Å²) in [6, 6.07) is 6.05. The zero-order valence-corrected chi connectivity index (χ0v) is 15.1. The van der Waals surface area contributed by atoms with Crippen LogP contribution in [0, 0.1) is 0 Å². The first-order valence-electron chi connectivity index (χ1n) is 8.36. The number of nitrogens with two attached hydrogens (primary N) is 1. The fourth-order valence-electron chi connectivity index (χ4n) is 2.59. The standard InChI is InChI=1S/C19H22N2O7/c1-28-19(27)13(7-11-3-5-15(23)17(25)9-11)21-18(26)12(20)6-10-2-4-14(22)16(24)8-10/h2-5,8-9,12-13,22-25H,6-7,20H2,1H3,(H,21,26)/t12-,13-/m0/s1. The van der Waals surface area contributed by atoms with Crippen molar-refractivity contribution in [3.05, 3.63) is 47.5 Å². The minimum Gasteiger partial charge on any atom is -0.504 e. The van der Waals surface area contributed by atoms with Gasteiger partial charge in [-0.2, -0.15) is 0 Å².